The Morgan fingerprint density at radius 1 is 1.11 bits per heavy atom. The van der Waals surface area contributed by atoms with E-state index in [0.29, 0.717) is 10.2 Å². The van der Waals surface area contributed by atoms with E-state index in [1.807, 2.05) is 0 Å². The van der Waals surface area contributed by atoms with E-state index in [4.69, 9.17) is 14.6 Å². The van der Waals surface area contributed by atoms with Crippen LogP contribution >= 0.6 is 15.9 Å². The zero-order valence-corrected chi connectivity index (χ0v) is 16.0. The molecule has 11 heteroatoms. The van der Waals surface area contributed by atoms with Gasteiger partial charge < -0.3 is 14.8 Å². The van der Waals surface area contributed by atoms with Crippen LogP contribution in [-0.4, -0.2) is 33.5 Å². The molecule has 2 rings (SSSR count). The molecule has 0 unspecified atom stereocenters. The summed E-state index contributed by atoms with van der Waals surface area (Å²) in [5.41, 5.74) is 0.301. The molecular weight excluding hydrogens is 447 g/mol. The zero-order valence-electron chi connectivity index (χ0n) is 13.6. The first-order valence-corrected chi connectivity index (χ1v) is 9.65. The summed E-state index contributed by atoms with van der Waals surface area (Å²) in [5.74, 6) is -1.65. The summed E-state index contributed by atoms with van der Waals surface area (Å²) in [7, 11) is -3.82. The van der Waals surface area contributed by atoms with Gasteiger partial charge >= 0.3 is 5.97 Å². The quantitative estimate of drug-likeness (QED) is 0.606. The number of esters is 1. The first-order valence-electron chi connectivity index (χ1n) is 7.31. The highest BCUT2D eigenvalue weighted by molar-refractivity contribution is 9.10. The Labute approximate surface area is 162 Å². The van der Waals surface area contributed by atoms with Gasteiger partial charge in [0, 0.05) is 5.69 Å². The third-order valence-corrected chi connectivity index (χ3v) is 4.62. The number of rotatable bonds is 7. The highest BCUT2D eigenvalue weighted by Gasteiger charge is 2.11. The van der Waals surface area contributed by atoms with E-state index in [2.05, 4.69) is 21.2 Å². The average Bonchev–Trinajstić information content (AvgIpc) is 2.59. The number of primary sulfonamides is 1. The van der Waals surface area contributed by atoms with E-state index >= 15 is 0 Å². The lowest BCUT2D eigenvalue weighted by Crippen LogP contribution is -2.23. The minimum Gasteiger partial charge on any atom is -0.481 e. The van der Waals surface area contributed by atoms with Gasteiger partial charge in [-0.25, -0.2) is 22.7 Å². The Morgan fingerprint density at radius 2 is 1.78 bits per heavy atom. The number of amides is 1. The maximum atomic E-state index is 13.0. The predicted molar refractivity (Wildman–Crippen MR) is 97.0 cm³/mol. The van der Waals surface area contributed by atoms with Crippen LogP contribution in [0.3, 0.4) is 0 Å². The van der Waals surface area contributed by atoms with Crippen molar-refractivity contribution in [3.8, 4) is 5.75 Å². The van der Waals surface area contributed by atoms with Gasteiger partial charge in [-0.05, 0) is 58.4 Å². The highest BCUT2D eigenvalue weighted by Crippen LogP contribution is 2.25. The number of nitrogens with one attached hydrogen (secondary N) is 1. The molecule has 144 valence electrons. The van der Waals surface area contributed by atoms with Gasteiger partial charge in [-0.1, -0.05) is 0 Å². The molecule has 0 aliphatic carbocycles. The van der Waals surface area contributed by atoms with Gasteiger partial charge in [0.15, 0.2) is 13.2 Å². The van der Waals surface area contributed by atoms with Crippen LogP contribution in [-0.2, 0) is 24.3 Å². The molecule has 0 aliphatic heterocycles. The van der Waals surface area contributed by atoms with Crippen LogP contribution in [0, 0.1) is 5.82 Å². The van der Waals surface area contributed by atoms with Crippen LogP contribution in [0.4, 0.5) is 10.1 Å². The van der Waals surface area contributed by atoms with Gasteiger partial charge in [0.25, 0.3) is 5.91 Å². The van der Waals surface area contributed by atoms with Crippen LogP contribution in [0.15, 0.2) is 51.8 Å². The second-order valence-electron chi connectivity index (χ2n) is 5.14. The summed E-state index contributed by atoms with van der Waals surface area (Å²) in [6.45, 7) is -1.04. The van der Waals surface area contributed by atoms with Crippen molar-refractivity contribution in [3.05, 3.63) is 52.8 Å². The number of halogens is 2. The fourth-order valence-corrected chi connectivity index (χ4v) is 2.82. The molecule has 0 radical (unpaired) electrons. The molecule has 2 aromatic rings. The minimum absolute atomic E-state index is 0.101. The van der Waals surface area contributed by atoms with E-state index in [1.54, 1.807) is 0 Å². The molecule has 0 saturated carbocycles. The monoisotopic (exact) mass is 460 g/mol. The van der Waals surface area contributed by atoms with E-state index in [-0.39, 0.29) is 10.6 Å². The lowest BCUT2D eigenvalue weighted by atomic mass is 10.3. The van der Waals surface area contributed by atoms with Gasteiger partial charge in [0.2, 0.25) is 10.0 Å². The van der Waals surface area contributed by atoms with Crippen molar-refractivity contribution in [2.45, 2.75) is 4.90 Å². The molecule has 1 amide bonds. The van der Waals surface area contributed by atoms with Gasteiger partial charge in [-0.15, -0.1) is 0 Å². The number of sulfonamides is 1. The third-order valence-electron chi connectivity index (χ3n) is 3.07. The molecular formula is C16H14BrFN2O6S. The van der Waals surface area contributed by atoms with Crippen molar-refractivity contribution < 1.29 is 31.9 Å². The van der Waals surface area contributed by atoms with Crippen LogP contribution in [0.5, 0.6) is 5.75 Å². The highest BCUT2D eigenvalue weighted by atomic mass is 79.9. The minimum atomic E-state index is -3.82. The molecule has 0 saturated heterocycles. The largest absolute Gasteiger partial charge is 0.481 e. The number of nitrogens with two attached hydrogens (primary N) is 1. The second kappa shape index (κ2) is 8.93. The van der Waals surface area contributed by atoms with E-state index < -0.39 is 40.9 Å². The van der Waals surface area contributed by atoms with Gasteiger partial charge in [-0.2, -0.15) is 0 Å². The van der Waals surface area contributed by atoms with E-state index in [9.17, 15) is 22.4 Å². The first-order chi connectivity index (χ1) is 12.6. The van der Waals surface area contributed by atoms with Crippen molar-refractivity contribution in [1.82, 2.24) is 0 Å². The number of ether oxygens (including phenoxy) is 2. The Hall–Kier alpha value is -2.50. The SMILES string of the molecule is NS(=O)(=O)c1ccc(NC(=O)COC(=O)COc2ccc(F)cc2Br)cc1. The van der Waals surface area contributed by atoms with Crippen molar-refractivity contribution in [2.24, 2.45) is 5.14 Å². The van der Waals surface area contributed by atoms with Gasteiger partial charge in [0.1, 0.15) is 11.6 Å². The van der Waals surface area contributed by atoms with E-state index in [0.717, 1.165) is 0 Å². The standard InChI is InChI=1S/C16H14BrFN2O6S/c17-13-7-10(18)1-6-14(13)25-9-16(22)26-8-15(21)20-11-2-4-12(5-3-11)27(19,23)24/h1-7H,8-9H2,(H,20,21)(H2,19,23,24). The smallest absolute Gasteiger partial charge is 0.344 e. The lowest BCUT2D eigenvalue weighted by Gasteiger charge is -2.09. The Balaban J connectivity index is 1.78. The number of benzene rings is 2. The first kappa shape index (κ1) is 20.8. The molecule has 27 heavy (non-hydrogen) atoms. The van der Waals surface area contributed by atoms with Crippen molar-refractivity contribution in [3.63, 3.8) is 0 Å². The average molecular weight is 461 g/mol. The van der Waals surface area contributed by atoms with Crippen LogP contribution in [0.1, 0.15) is 0 Å². The van der Waals surface area contributed by atoms with Crippen LogP contribution < -0.4 is 15.2 Å². The lowest BCUT2D eigenvalue weighted by molar-refractivity contribution is -0.149. The fraction of sp³-hybridized carbons (Fsp3) is 0.125. The fourth-order valence-electron chi connectivity index (χ4n) is 1.84. The second-order valence-corrected chi connectivity index (χ2v) is 7.56. The summed E-state index contributed by atoms with van der Waals surface area (Å²) >= 11 is 3.09. The van der Waals surface area contributed by atoms with Crippen LogP contribution in [0.2, 0.25) is 0 Å². The molecule has 2 aromatic carbocycles. The zero-order chi connectivity index (χ0) is 20.0. The molecule has 3 N–H and O–H groups in total. The molecule has 0 fully saturated rings. The maximum Gasteiger partial charge on any atom is 0.344 e. The number of hydrogen-bond donors (Lipinski definition) is 2. The Morgan fingerprint density at radius 3 is 2.37 bits per heavy atom. The van der Waals surface area contributed by atoms with Crippen molar-refractivity contribution in [1.29, 1.82) is 0 Å². The van der Waals surface area contributed by atoms with Gasteiger partial charge in [0.05, 0.1) is 9.37 Å². The molecule has 0 aliphatic rings. The number of carbonyl (C=O) groups is 2. The normalized spacial score (nSPS) is 10.9. The topological polar surface area (TPSA) is 125 Å². The van der Waals surface area contributed by atoms with E-state index in [1.165, 1.54) is 42.5 Å². The van der Waals surface area contributed by atoms with Crippen molar-refractivity contribution in [2.75, 3.05) is 18.5 Å². The maximum absolute atomic E-state index is 13.0. The molecule has 8 nitrogen and oxygen atoms in total. The summed E-state index contributed by atoms with van der Waals surface area (Å²) < 4.78 is 45.5. The third kappa shape index (κ3) is 6.62. The molecule has 0 heterocycles. The number of carbonyl (C=O) groups excluding carboxylic acids is 2. The summed E-state index contributed by atoms with van der Waals surface area (Å²) in [6.07, 6.45) is 0. The Kier molecular flexibility index (Phi) is 6.88. The molecule has 0 bridgehead atoms. The number of anilines is 1. The van der Waals surface area contributed by atoms with Crippen LogP contribution in [0.25, 0.3) is 0 Å². The molecule has 0 aromatic heterocycles. The predicted octanol–water partition coefficient (Wildman–Crippen LogP) is 1.80. The summed E-state index contributed by atoms with van der Waals surface area (Å²) in [5, 5.41) is 7.39. The number of hydrogen-bond acceptors (Lipinski definition) is 6. The van der Waals surface area contributed by atoms with Gasteiger partial charge in [-0.3, -0.25) is 4.79 Å². The summed E-state index contributed by atoms with van der Waals surface area (Å²) in [6, 6.07) is 8.82. The molecule has 0 atom stereocenters. The Bertz CT molecular complexity index is 950. The summed E-state index contributed by atoms with van der Waals surface area (Å²) in [4.78, 5) is 23.3. The van der Waals surface area contributed by atoms with Crippen molar-refractivity contribution >= 4 is 43.5 Å². The molecule has 0 spiro atoms.